The number of hydrogen-bond donors (Lipinski definition) is 0. The van der Waals surface area contributed by atoms with Crippen molar-refractivity contribution in [2.75, 3.05) is 0 Å². The van der Waals surface area contributed by atoms with E-state index in [-0.39, 0.29) is 5.78 Å². The average Bonchev–Trinajstić information content (AvgIpc) is 2.38. The Kier molecular flexibility index (Phi) is 4.08. The predicted octanol–water partition coefficient (Wildman–Crippen LogP) is 4.24. The van der Waals surface area contributed by atoms with E-state index in [1.807, 2.05) is 30.3 Å². The number of benzene rings is 1. The molecule has 94 valence electrons. The Morgan fingerprint density at radius 3 is 2.83 bits per heavy atom. The Balaban J connectivity index is 2.28. The molecular weight excluding hydrogens is 222 g/mol. The van der Waals surface area contributed by atoms with Crippen LogP contribution in [-0.4, -0.2) is 10.8 Å². The number of nitrogens with zero attached hydrogens (tertiary/aromatic N) is 1. The largest absolute Gasteiger partial charge is 0.292 e. The van der Waals surface area contributed by atoms with Crippen molar-refractivity contribution < 1.29 is 4.79 Å². The number of Topliss-reactive ketones (excluding diaryl/α,β-unsaturated/α-hetero) is 1. The van der Waals surface area contributed by atoms with Gasteiger partial charge in [0.1, 0.15) is 5.69 Å². The summed E-state index contributed by atoms with van der Waals surface area (Å²) < 4.78 is 0. The molecule has 0 saturated carbocycles. The van der Waals surface area contributed by atoms with Crippen molar-refractivity contribution in [1.29, 1.82) is 0 Å². The van der Waals surface area contributed by atoms with Crippen LogP contribution in [0, 0.1) is 5.92 Å². The van der Waals surface area contributed by atoms with E-state index in [9.17, 15) is 4.79 Å². The van der Waals surface area contributed by atoms with Gasteiger partial charge < -0.3 is 0 Å². The summed E-state index contributed by atoms with van der Waals surface area (Å²) in [5.74, 6) is 0.594. The molecule has 0 fully saturated rings. The Labute approximate surface area is 108 Å². The van der Waals surface area contributed by atoms with Gasteiger partial charge in [-0.1, -0.05) is 51.0 Å². The molecule has 18 heavy (non-hydrogen) atoms. The van der Waals surface area contributed by atoms with Crippen LogP contribution in [0.4, 0.5) is 0 Å². The third kappa shape index (κ3) is 2.76. The zero-order valence-electron chi connectivity index (χ0n) is 11.0. The first-order chi connectivity index (χ1) is 8.72. The highest BCUT2D eigenvalue weighted by Crippen LogP contribution is 2.20. The van der Waals surface area contributed by atoms with Gasteiger partial charge in [0.15, 0.2) is 5.78 Å². The first-order valence-corrected chi connectivity index (χ1v) is 6.59. The van der Waals surface area contributed by atoms with E-state index in [1.165, 1.54) is 0 Å². The van der Waals surface area contributed by atoms with E-state index in [1.54, 1.807) is 6.20 Å². The molecule has 2 rings (SSSR count). The van der Waals surface area contributed by atoms with Crippen molar-refractivity contribution in [3.8, 4) is 0 Å². The monoisotopic (exact) mass is 241 g/mol. The van der Waals surface area contributed by atoms with Crippen molar-refractivity contribution in [2.24, 2.45) is 5.92 Å². The molecule has 0 amide bonds. The summed E-state index contributed by atoms with van der Waals surface area (Å²) in [5, 5.41) is 2.05. The third-order valence-electron chi connectivity index (χ3n) is 3.25. The minimum atomic E-state index is 0.160. The van der Waals surface area contributed by atoms with Crippen molar-refractivity contribution in [3.63, 3.8) is 0 Å². The van der Waals surface area contributed by atoms with Gasteiger partial charge in [-0.15, -0.1) is 0 Å². The van der Waals surface area contributed by atoms with E-state index >= 15 is 0 Å². The van der Waals surface area contributed by atoms with Crippen LogP contribution in [0.3, 0.4) is 0 Å². The number of fused-ring (bicyclic) bond motifs is 1. The van der Waals surface area contributed by atoms with E-state index in [0.29, 0.717) is 18.0 Å². The summed E-state index contributed by atoms with van der Waals surface area (Å²) in [6, 6.07) is 9.87. The molecule has 2 heteroatoms. The number of hydrogen-bond acceptors (Lipinski definition) is 2. The van der Waals surface area contributed by atoms with Crippen molar-refractivity contribution in [1.82, 2.24) is 4.98 Å². The average molecular weight is 241 g/mol. The highest BCUT2D eigenvalue weighted by molar-refractivity contribution is 6.06. The summed E-state index contributed by atoms with van der Waals surface area (Å²) in [6.07, 6.45) is 4.53. The van der Waals surface area contributed by atoms with Crippen molar-refractivity contribution in [2.45, 2.75) is 33.1 Å². The molecule has 0 saturated heterocycles. The molecule has 1 aromatic heterocycles. The lowest BCUT2D eigenvalue weighted by Crippen LogP contribution is -2.08. The van der Waals surface area contributed by atoms with Crippen LogP contribution >= 0.6 is 0 Å². The molecule has 0 N–H and O–H groups in total. The zero-order valence-corrected chi connectivity index (χ0v) is 11.0. The number of carbonyl (C=O) groups excluding carboxylic acids is 1. The smallest absolute Gasteiger partial charge is 0.182 e. The van der Waals surface area contributed by atoms with Crippen LogP contribution in [-0.2, 0) is 0 Å². The van der Waals surface area contributed by atoms with Crippen LogP contribution in [0.15, 0.2) is 36.5 Å². The lowest BCUT2D eigenvalue weighted by molar-refractivity contribution is 0.0959. The molecule has 0 aliphatic rings. The van der Waals surface area contributed by atoms with E-state index in [2.05, 4.69) is 18.8 Å². The Bertz CT molecular complexity index is 542. The summed E-state index contributed by atoms with van der Waals surface area (Å²) in [7, 11) is 0. The predicted molar refractivity (Wildman–Crippen MR) is 74.8 cm³/mol. The second-order valence-electron chi connectivity index (χ2n) is 4.90. The normalized spacial score (nSPS) is 12.6. The SMILES string of the molecule is CCCC(C)CC(=O)c1nccc2ccccc12. The fourth-order valence-corrected chi connectivity index (χ4v) is 2.35. The van der Waals surface area contributed by atoms with Gasteiger partial charge in [0.25, 0.3) is 0 Å². The Hall–Kier alpha value is -1.70. The molecular formula is C16H19NO. The molecule has 1 aromatic carbocycles. The molecule has 0 aliphatic heterocycles. The van der Waals surface area contributed by atoms with Crippen molar-refractivity contribution in [3.05, 3.63) is 42.2 Å². The maximum Gasteiger partial charge on any atom is 0.182 e. The highest BCUT2D eigenvalue weighted by atomic mass is 16.1. The maximum atomic E-state index is 12.3. The molecule has 0 bridgehead atoms. The molecule has 1 unspecified atom stereocenters. The topological polar surface area (TPSA) is 30.0 Å². The molecule has 2 aromatic rings. The molecule has 0 aliphatic carbocycles. The summed E-state index contributed by atoms with van der Waals surface area (Å²) >= 11 is 0. The highest BCUT2D eigenvalue weighted by Gasteiger charge is 2.14. The summed E-state index contributed by atoms with van der Waals surface area (Å²) in [4.78, 5) is 16.6. The second kappa shape index (κ2) is 5.76. The summed E-state index contributed by atoms with van der Waals surface area (Å²) in [5.41, 5.74) is 0.621. The molecule has 0 spiro atoms. The third-order valence-corrected chi connectivity index (χ3v) is 3.25. The van der Waals surface area contributed by atoms with E-state index < -0.39 is 0 Å². The maximum absolute atomic E-state index is 12.3. The number of rotatable bonds is 5. The number of pyridine rings is 1. The van der Waals surface area contributed by atoms with Gasteiger partial charge in [-0.3, -0.25) is 9.78 Å². The first kappa shape index (κ1) is 12.7. The van der Waals surface area contributed by atoms with Gasteiger partial charge in [0.2, 0.25) is 0 Å². The minimum absolute atomic E-state index is 0.160. The lowest BCUT2D eigenvalue weighted by Gasteiger charge is -2.09. The second-order valence-corrected chi connectivity index (χ2v) is 4.90. The fourth-order valence-electron chi connectivity index (χ4n) is 2.35. The zero-order chi connectivity index (χ0) is 13.0. The number of carbonyl (C=O) groups is 1. The Morgan fingerprint density at radius 1 is 1.28 bits per heavy atom. The standard InChI is InChI=1S/C16H19NO/c1-3-6-12(2)11-15(18)16-14-8-5-4-7-13(14)9-10-17-16/h4-5,7-10,12H,3,6,11H2,1-2H3. The van der Waals surface area contributed by atoms with Gasteiger partial charge in [-0.05, 0) is 17.4 Å². The van der Waals surface area contributed by atoms with Gasteiger partial charge in [0.05, 0.1) is 0 Å². The number of aromatic nitrogens is 1. The molecule has 1 atom stereocenters. The van der Waals surface area contributed by atoms with Gasteiger partial charge in [0, 0.05) is 18.0 Å². The molecule has 1 heterocycles. The van der Waals surface area contributed by atoms with Crippen LogP contribution in [0.1, 0.15) is 43.6 Å². The number of ketones is 1. The van der Waals surface area contributed by atoms with Gasteiger partial charge in [-0.2, -0.15) is 0 Å². The fraction of sp³-hybridized carbons (Fsp3) is 0.375. The first-order valence-electron chi connectivity index (χ1n) is 6.59. The van der Waals surface area contributed by atoms with Crippen LogP contribution < -0.4 is 0 Å². The van der Waals surface area contributed by atoms with Crippen molar-refractivity contribution >= 4 is 16.6 Å². The lowest BCUT2D eigenvalue weighted by atomic mass is 9.96. The van der Waals surface area contributed by atoms with E-state index in [0.717, 1.165) is 23.6 Å². The Morgan fingerprint density at radius 2 is 2.06 bits per heavy atom. The van der Waals surface area contributed by atoms with E-state index in [4.69, 9.17) is 0 Å². The van der Waals surface area contributed by atoms with Gasteiger partial charge >= 0.3 is 0 Å². The van der Waals surface area contributed by atoms with Gasteiger partial charge in [-0.25, -0.2) is 0 Å². The minimum Gasteiger partial charge on any atom is -0.292 e. The summed E-state index contributed by atoms with van der Waals surface area (Å²) in [6.45, 7) is 4.28. The molecule has 2 nitrogen and oxygen atoms in total. The van der Waals surface area contributed by atoms with Crippen LogP contribution in [0.25, 0.3) is 10.8 Å². The molecule has 0 radical (unpaired) electrons. The quantitative estimate of drug-likeness (QED) is 0.733. The van der Waals surface area contributed by atoms with Crippen LogP contribution in [0.5, 0.6) is 0 Å². The van der Waals surface area contributed by atoms with Crippen LogP contribution in [0.2, 0.25) is 0 Å².